The van der Waals surface area contributed by atoms with Gasteiger partial charge >= 0.3 is 5.97 Å². The fourth-order valence-corrected chi connectivity index (χ4v) is 2.43. The number of carboxylic acid groups (broad SMARTS) is 1. The van der Waals surface area contributed by atoms with Crippen LogP contribution in [0.3, 0.4) is 0 Å². The van der Waals surface area contributed by atoms with Gasteiger partial charge in [-0.2, -0.15) is 0 Å². The maximum atomic E-state index is 12.0. The predicted molar refractivity (Wildman–Crippen MR) is 59.3 cm³/mol. The van der Waals surface area contributed by atoms with Crippen molar-refractivity contribution in [1.82, 2.24) is 4.90 Å². The Bertz CT molecular complexity index is 309. The van der Waals surface area contributed by atoms with Gasteiger partial charge in [0.25, 0.3) is 0 Å². The van der Waals surface area contributed by atoms with Crippen molar-refractivity contribution in [3.8, 4) is 0 Å². The molecule has 2 bridgehead atoms. The van der Waals surface area contributed by atoms with Gasteiger partial charge in [0.05, 0.1) is 18.2 Å². The number of ether oxygens (including phenoxy) is 1. The van der Waals surface area contributed by atoms with Crippen LogP contribution in [0.15, 0.2) is 0 Å². The van der Waals surface area contributed by atoms with Crippen molar-refractivity contribution in [2.75, 3.05) is 13.1 Å². The van der Waals surface area contributed by atoms with E-state index in [-0.39, 0.29) is 31.0 Å². The third-order valence-corrected chi connectivity index (χ3v) is 3.34. The smallest absolute Gasteiger partial charge is 0.303 e. The van der Waals surface area contributed by atoms with Gasteiger partial charge in [-0.25, -0.2) is 0 Å². The van der Waals surface area contributed by atoms with Crippen LogP contribution in [-0.4, -0.2) is 53.2 Å². The Kier molecular flexibility index (Phi) is 3.63. The molecule has 2 aliphatic heterocycles. The molecule has 2 aliphatic rings. The number of likely N-dealkylation sites (tertiary alicyclic amines) is 1. The number of hydrogen-bond donors (Lipinski definition) is 2. The van der Waals surface area contributed by atoms with Gasteiger partial charge in [-0.3, -0.25) is 9.59 Å². The van der Waals surface area contributed by atoms with Crippen LogP contribution in [0.5, 0.6) is 0 Å². The molecular formula is C11H18N2O4. The monoisotopic (exact) mass is 242 g/mol. The van der Waals surface area contributed by atoms with Crippen LogP contribution in [0.1, 0.15) is 25.7 Å². The molecule has 2 fully saturated rings. The number of carbonyl (C=O) groups excluding carboxylic acids is 1. The van der Waals surface area contributed by atoms with E-state index < -0.39 is 12.0 Å². The molecule has 0 aromatic carbocycles. The van der Waals surface area contributed by atoms with Crippen LogP contribution in [0.25, 0.3) is 0 Å². The summed E-state index contributed by atoms with van der Waals surface area (Å²) in [5.74, 6) is -1.07. The Hall–Kier alpha value is -1.14. The SMILES string of the molecule is NC(CCC(=O)O)C(=O)N1CC2CCC(C1)O2. The van der Waals surface area contributed by atoms with Crippen LogP contribution in [-0.2, 0) is 14.3 Å². The van der Waals surface area contributed by atoms with Crippen LogP contribution < -0.4 is 5.73 Å². The molecule has 2 rings (SSSR count). The first kappa shape index (κ1) is 12.3. The molecule has 0 radical (unpaired) electrons. The zero-order chi connectivity index (χ0) is 12.4. The predicted octanol–water partition coefficient (Wildman–Crippen LogP) is -0.432. The first-order valence-corrected chi connectivity index (χ1v) is 5.98. The molecule has 96 valence electrons. The first-order chi connectivity index (χ1) is 8.06. The maximum absolute atomic E-state index is 12.0. The molecule has 0 aromatic rings. The van der Waals surface area contributed by atoms with E-state index in [1.54, 1.807) is 4.90 Å². The van der Waals surface area contributed by atoms with E-state index >= 15 is 0 Å². The minimum Gasteiger partial charge on any atom is -0.481 e. The summed E-state index contributed by atoms with van der Waals surface area (Å²) in [7, 11) is 0. The van der Waals surface area contributed by atoms with Crippen LogP contribution in [0, 0.1) is 0 Å². The molecule has 2 heterocycles. The largest absolute Gasteiger partial charge is 0.481 e. The summed E-state index contributed by atoms with van der Waals surface area (Å²) in [6.45, 7) is 1.19. The summed E-state index contributed by atoms with van der Waals surface area (Å²) in [4.78, 5) is 24.1. The maximum Gasteiger partial charge on any atom is 0.303 e. The van der Waals surface area contributed by atoms with Gasteiger partial charge in [-0.15, -0.1) is 0 Å². The number of carbonyl (C=O) groups is 2. The zero-order valence-corrected chi connectivity index (χ0v) is 9.67. The molecule has 17 heavy (non-hydrogen) atoms. The van der Waals surface area contributed by atoms with Crippen molar-refractivity contribution in [2.45, 2.75) is 43.9 Å². The highest BCUT2D eigenvalue weighted by Gasteiger charge is 2.36. The molecular weight excluding hydrogens is 224 g/mol. The number of fused-ring (bicyclic) bond motifs is 2. The van der Waals surface area contributed by atoms with Crippen LogP contribution in [0.4, 0.5) is 0 Å². The molecule has 0 saturated carbocycles. The summed E-state index contributed by atoms with van der Waals surface area (Å²) >= 11 is 0. The normalized spacial score (nSPS) is 29.1. The summed E-state index contributed by atoms with van der Waals surface area (Å²) in [5.41, 5.74) is 5.71. The van der Waals surface area contributed by atoms with Crippen molar-refractivity contribution < 1.29 is 19.4 Å². The molecule has 3 N–H and O–H groups in total. The van der Waals surface area contributed by atoms with E-state index in [4.69, 9.17) is 15.6 Å². The van der Waals surface area contributed by atoms with Gasteiger partial charge in [-0.1, -0.05) is 0 Å². The molecule has 0 aliphatic carbocycles. The third-order valence-electron chi connectivity index (χ3n) is 3.34. The molecule has 3 atom stereocenters. The highest BCUT2D eigenvalue weighted by molar-refractivity contribution is 5.82. The number of hydrogen-bond acceptors (Lipinski definition) is 4. The van der Waals surface area contributed by atoms with E-state index in [0.29, 0.717) is 13.1 Å². The molecule has 1 amide bonds. The van der Waals surface area contributed by atoms with Gasteiger partial charge in [0.2, 0.25) is 5.91 Å². The van der Waals surface area contributed by atoms with Crippen LogP contribution in [0.2, 0.25) is 0 Å². The second-order valence-corrected chi connectivity index (χ2v) is 4.74. The minimum absolute atomic E-state index is 0.0654. The summed E-state index contributed by atoms with van der Waals surface area (Å²) in [6, 6.07) is -0.705. The number of amides is 1. The molecule has 6 heteroatoms. The number of nitrogens with zero attached hydrogens (tertiary/aromatic N) is 1. The minimum atomic E-state index is -0.921. The summed E-state index contributed by atoms with van der Waals surface area (Å²) in [6.07, 6.45) is 2.41. The van der Waals surface area contributed by atoms with E-state index in [1.807, 2.05) is 0 Å². The molecule has 2 saturated heterocycles. The number of aliphatic carboxylic acids is 1. The van der Waals surface area contributed by atoms with E-state index in [2.05, 4.69) is 0 Å². The number of rotatable bonds is 4. The van der Waals surface area contributed by atoms with Crippen molar-refractivity contribution in [1.29, 1.82) is 0 Å². The number of nitrogens with two attached hydrogens (primary N) is 1. The lowest BCUT2D eigenvalue weighted by Crippen LogP contribution is -2.51. The topological polar surface area (TPSA) is 92.9 Å². The lowest BCUT2D eigenvalue weighted by Gasteiger charge is -2.33. The lowest BCUT2D eigenvalue weighted by atomic mass is 10.1. The van der Waals surface area contributed by atoms with Gasteiger partial charge in [0.1, 0.15) is 0 Å². The van der Waals surface area contributed by atoms with Crippen molar-refractivity contribution >= 4 is 11.9 Å². The van der Waals surface area contributed by atoms with E-state index in [0.717, 1.165) is 12.8 Å². The standard InChI is InChI=1S/C11H18N2O4/c12-9(3-4-10(14)15)11(16)13-5-7-1-2-8(6-13)17-7/h7-9H,1-6,12H2,(H,14,15). The highest BCUT2D eigenvalue weighted by atomic mass is 16.5. The lowest BCUT2D eigenvalue weighted by molar-refractivity contribution is -0.142. The van der Waals surface area contributed by atoms with Crippen molar-refractivity contribution in [3.63, 3.8) is 0 Å². The summed E-state index contributed by atoms with van der Waals surface area (Å²) in [5, 5.41) is 8.55. The Morgan fingerprint density at radius 1 is 1.35 bits per heavy atom. The van der Waals surface area contributed by atoms with Gasteiger partial charge in [0, 0.05) is 19.5 Å². The second-order valence-electron chi connectivity index (χ2n) is 4.74. The van der Waals surface area contributed by atoms with E-state index in [9.17, 15) is 9.59 Å². The van der Waals surface area contributed by atoms with Crippen molar-refractivity contribution in [3.05, 3.63) is 0 Å². The van der Waals surface area contributed by atoms with E-state index in [1.165, 1.54) is 0 Å². The molecule has 6 nitrogen and oxygen atoms in total. The molecule has 3 unspecified atom stereocenters. The third kappa shape index (κ3) is 2.95. The average Bonchev–Trinajstić information content (AvgIpc) is 2.64. The second kappa shape index (κ2) is 5.01. The Morgan fingerprint density at radius 2 is 1.94 bits per heavy atom. The molecule has 0 spiro atoms. The fourth-order valence-electron chi connectivity index (χ4n) is 2.43. The van der Waals surface area contributed by atoms with Crippen LogP contribution >= 0.6 is 0 Å². The Balaban J connectivity index is 1.84. The molecule has 0 aromatic heterocycles. The number of morpholine rings is 1. The summed E-state index contributed by atoms with van der Waals surface area (Å²) < 4.78 is 5.63. The van der Waals surface area contributed by atoms with Gasteiger partial charge in [0.15, 0.2) is 0 Å². The Labute approximate surface area is 99.7 Å². The zero-order valence-electron chi connectivity index (χ0n) is 9.67. The van der Waals surface area contributed by atoms with Crippen molar-refractivity contribution in [2.24, 2.45) is 5.73 Å². The first-order valence-electron chi connectivity index (χ1n) is 5.98. The number of carboxylic acids is 1. The quantitative estimate of drug-likeness (QED) is 0.697. The van der Waals surface area contributed by atoms with Gasteiger partial charge in [-0.05, 0) is 19.3 Å². The highest BCUT2D eigenvalue weighted by Crippen LogP contribution is 2.26. The van der Waals surface area contributed by atoms with Gasteiger partial charge < -0.3 is 20.5 Å². The fraction of sp³-hybridized carbons (Fsp3) is 0.818. The Morgan fingerprint density at radius 3 is 2.47 bits per heavy atom. The average molecular weight is 242 g/mol.